The first-order valence-corrected chi connectivity index (χ1v) is 4.80. The predicted molar refractivity (Wildman–Crippen MR) is 49.0 cm³/mol. The van der Waals surface area contributed by atoms with Crippen molar-refractivity contribution in [2.45, 2.75) is 26.4 Å². The molecule has 0 aliphatic carbocycles. The Morgan fingerprint density at radius 2 is 2.36 bits per heavy atom. The summed E-state index contributed by atoms with van der Waals surface area (Å²) in [5.74, 6) is 0. The molecule has 1 aromatic heterocycles. The van der Waals surface area contributed by atoms with Gasteiger partial charge in [-0.2, -0.15) is 0 Å². The Hall–Kier alpha value is -0.340. The SMILES string of the molecule is CCCc1sccc1COC. The van der Waals surface area contributed by atoms with Gasteiger partial charge in [-0.25, -0.2) is 0 Å². The summed E-state index contributed by atoms with van der Waals surface area (Å²) in [5.41, 5.74) is 1.36. The average Bonchev–Trinajstić information content (AvgIpc) is 2.39. The highest BCUT2D eigenvalue weighted by Gasteiger charge is 2.01. The maximum absolute atomic E-state index is 5.08. The summed E-state index contributed by atoms with van der Waals surface area (Å²) in [7, 11) is 1.74. The Labute approximate surface area is 72.0 Å². The number of rotatable bonds is 4. The van der Waals surface area contributed by atoms with Crippen LogP contribution in [0.2, 0.25) is 0 Å². The van der Waals surface area contributed by atoms with E-state index in [0.717, 1.165) is 6.61 Å². The van der Waals surface area contributed by atoms with Crippen molar-refractivity contribution in [3.63, 3.8) is 0 Å². The van der Waals surface area contributed by atoms with Crippen LogP contribution < -0.4 is 0 Å². The van der Waals surface area contributed by atoms with E-state index in [1.165, 1.54) is 23.3 Å². The van der Waals surface area contributed by atoms with Gasteiger partial charge in [0.2, 0.25) is 0 Å². The second kappa shape index (κ2) is 4.52. The number of aryl methyl sites for hydroxylation is 1. The Bertz CT molecular complexity index is 185. The third-order valence-electron chi connectivity index (χ3n) is 1.61. The van der Waals surface area contributed by atoms with Crippen molar-refractivity contribution in [2.24, 2.45) is 0 Å². The summed E-state index contributed by atoms with van der Waals surface area (Å²) >= 11 is 1.83. The van der Waals surface area contributed by atoms with Crippen LogP contribution in [0.5, 0.6) is 0 Å². The molecule has 11 heavy (non-hydrogen) atoms. The molecule has 0 fully saturated rings. The lowest BCUT2D eigenvalue weighted by Crippen LogP contribution is -1.89. The van der Waals surface area contributed by atoms with Gasteiger partial charge in [-0.15, -0.1) is 11.3 Å². The number of methoxy groups -OCH3 is 1. The lowest BCUT2D eigenvalue weighted by Gasteiger charge is -1.99. The molecule has 0 radical (unpaired) electrons. The van der Waals surface area contributed by atoms with E-state index >= 15 is 0 Å². The molecule has 1 heterocycles. The van der Waals surface area contributed by atoms with E-state index in [1.807, 2.05) is 11.3 Å². The van der Waals surface area contributed by atoms with E-state index in [0.29, 0.717) is 0 Å². The average molecular weight is 170 g/mol. The van der Waals surface area contributed by atoms with Gasteiger partial charge < -0.3 is 4.74 Å². The van der Waals surface area contributed by atoms with E-state index in [-0.39, 0.29) is 0 Å². The van der Waals surface area contributed by atoms with Crippen LogP contribution in [0.25, 0.3) is 0 Å². The molecule has 0 spiro atoms. The minimum absolute atomic E-state index is 0.763. The molecular formula is C9H14OS. The van der Waals surface area contributed by atoms with Gasteiger partial charge in [-0.3, -0.25) is 0 Å². The lowest BCUT2D eigenvalue weighted by molar-refractivity contribution is 0.184. The third-order valence-corrected chi connectivity index (χ3v) is 2.64. The van der Waals surface area contributed by atoms with Crippen LogP contribution in [0, 0.1) is 0 Å². The summed E-state index contributed by atoms with van der Waals surface area (Å²) in [4.78, 5) is 1.48. The van der Waals surface area contributed by atoms with E-state index in [9.17, 15) is 0 Å². The van der Waals surface area contributed by atoms with Crippen LogP contribution in [0.15, 0.2) is 11.4 Å². The number of ether oxygens (including phenoxy) is 1. The van der Waals surface area contributed by atoms with Gasteiger partial charge in [0.15, 0.2) is 0 Å². The molecule has 0 aliphatic rings. The van der Waals surface area contributed by atoms with Gasteiger partial charge in [0.25, 0.3) is 0 Å². The van der Waals surface area contributed by atoms with Crippen molar-refractivity contribution >= 4 is 11.3 Å². The van der Waals surface area contributed by atoms with E-state index in [4.69, 9.17) is 4.74 Å². The van der Waals surface area contributed by atoms with Crippen molar-refractivity contribution in [1.82, 2.24) is 0 Å². The van der Waals surface area contributed by atoms with Gasteiger partial charge >= 0.3 is 0 Å². The molecule has 1 rings (SSSR count). The molecule has 62 valence electrons. The highest BCUT2D eigenvalue weighted by Crippen LogP contribution is 2.18. The second-order valence-corrected chi connectivity index (χ2v) is 3.55. The monoisotopic (exact) mass is 170 g/mol. The number of hydrogen-bond donors (Lipinski definition) is 0. The van der Waals surface area contributed by atoms with E-state index in [1.54, 1.807) is 7.11 Å². The van der Waals surface area contributed by atoms with Crippen LogP contribution in [-0.2, 0) is 17.8 Å². The van der Waals surface area contributed by atoms with E-state index in [2.05, 4.69) is 18.4 Å². The molecular weight excluding hydrogens is 156 g/mol. The van der Waals surface area contributed by atoms with Gasteiger partial charge in [-0.1, -0.05) is 13.3 Å². The molecule has 2 heteroatoms. The molecule has 0 aromatic carbocycles. The zero-order valence-corrected chi connectivity index (χ0v) is 7.91. The van der Waals surface area contributed by atoms with Crippen molar-refractivity contribution < 1.29 is 4.74 Å². The van der Waals surface area contributed by atoms with Crippen LogP contribution in [0.3, 0.4) is 0 Å². The normalized spacial score (nSPS) is 10.4. The Balaban J connectivity index is 2.62. The molecule has 1 nitrogen and oxygen atoms in total. The second-order valence-electron chi connectivity index (χ2n) is 2.55. The first-order valence-electron chi connectivity index (χ1n) is 3.92. The van der Waals surface area contributed by atoms with Crippen LogP contribution >= 0.6 is 11.3 Å². The molecule has 0 amide bonds. The Morgan fingerprint density at radius 3 is 3.00 bits per heavy atom. The van der Waals surface area contributed by atoms with Crippen LogP contribution in [0.4, 0.5) is 0 Å². The molecule has 1 aromatic rings. The molecule has 0 saturated carbocycles. The smallest absolute Gasteiger partial charge is 0.0723 e. The first kappa shape index (κ1) is 8.75. The maximum Gasteiger partial charge on any atom is 0.0723 e. The minimum Gasteiger partial charge on any atom is -0.380 e. The van der Waals surface area contributed by atoms with Gasteiger partial charge in [-0.05, 0) is 23.4 Å². The quantitative estimate of drug-likeness (QED) is 0.675. The van der Waals surface area contributed by atoms with Crippen molar-refractivity contribution in [2.75, 3.05) is 7.11 Å². The molecule has 0 N–H and O–H groups in total. The fourth-order valence-electron chi connectivity index (χ4n) is 1.10. The topological polar surface area (TPSA) is 9.23 Å². The highest BCUT2D eigenvalue weighted by molar-refractivity contribution is 7.10. The molecule has 0 atom stereocenters. The Kier molecular flexibility index (Phi) is 3.60. The largest absolute Gasteiger partial charge is 0.380 e. The summed E-state index contributed by atoms with van der Waals surface area (Å²) in [6, 6.07) is 2.15. The summed E-state index contributed by atoms with van der Waals surface area (Å²) in [5, 5.41) is 2.14. The fraction of sp³-hybridized carbons (Fsp3) is 0.556. The third kappa shape index (κ3) is 2.31. The van der Waals surface area contributed by atoms with Crippen LogP contribution in [0.1, 0.15) is 23.8 Å². The fourth-order valence-corrected chi connectivity index (χ4v) is 2.09. The standard InChI is InChI=1S/C9H14OS/c1-3-4-9-8(7-10-2)5-6-11-9/h5-6H,3-4,7H2,1-2H3. The minimum atomic E-state index is 0.763. The molecule has 0 saturated heterocycles. The van der Waals surface area contributed by atoms with E-state index < -0.39 is 0 Å². The van der Waals surface area contributed by atoms with Crippen LogP contribution in [-0.4, -0.2) is 7.11 Å². The summed E-state index contributed by atoms with van der Waals surface area (Å²) in [6.07, 6.45) is 2.41. The van der Waals surface area contributed by atoms with Crippen molar-refractivity contribution in [1.29, 1.82) is 0 Å². The van der Waals surface area contributed by atoms with Gasteiger partial charge in [0, 0.05) is 12.0 Å². The highest BCUT2D eigenvalue weighted by atomic mass is 32.1. The van der Waals surface area contributed by atoms with Gasteiger partial charge in [0.1, 0.15) is 0 Å². The maximum atomic E-state index is 5.08. The zero-order chi connectivity index (χ0) is 8.10. The van der Waals surface area contributed by atoms with Crippen molar-refractivity contribution in [3.05, 3.63) is 21.9 Å². The van der Waals surface area contributed by atoms with Crippen molar-refractivity contribution in [3.8, 4) is 0 Å². The van der Waals surface area contributed by atoms with Gasteiger partial charge in [0.05, 0.1) is 6.61 Å². The number of hydrogen-bond acceptors (Lipinski definition) is 2. The Morgan fingerprint density at radius 1 is 1.55 bits per heavy atom. The molecule has 0 bridgehead atoms. The number of thiophene rings is 1. The first-order chi connectivity index (χ1) is 5.38. The summed E-state index contributed by atoms with van der Waals surface area (Å²) < 4.78 is 5.08. The lowest BCUT2D eigenvalue weighted by atomic mass is 10.2. The predicted octanol–water partition coefficient (Wildman–Crippen LogP) is 2.85. The molecule has 0 unspecified atom stereocenters. The molecule has 0 aliphatic heterocycles. The zero-order valence-electron chi connectivity index (χ0n) is 7.09. The summed E-state index contributed by atoms with van der Waals surface area (Å²) in [6.45, 7) is 2.97.